The van der Waals surface area contributed by atoms with Gasteiger partial charge in [-0.15, -0.1) is 11.8 Å². The molecular weight excluding hydrogens is 388 g/mol. The monoisotopic (exact) mass is 410 g/mol. The summed E-state index contributed by atoms with van der Waals surface area (Å²) < 4.78 is 28.6. The van der Waals surface area contributed by atoms with Gasteiger partial charge in [0.1, 0.15) is 0 Å². The Morgan fingerprint density at radius 3 is 2.39 bits per heavy atom. The van der Waals surface area contributed by atoms with E-state index in [0.717, 1.165) is 11.8 Å². The Kier molecular flexibility index (Phi) is 5.58. The molecule has 3 nitrogen and oxygen atoms in total. The van der Waals surface area contributed by atoms with E-state index in [2.05, 4.69) is 48.5 Å². The highest BCUT2D eigenvalue weighted by Gasteiger charge is 2.19. The first kappa shape index (κ1) is 19.2. The number of benzene rings is 3. The lowest BCUT2D eigenvalue weighted by atomic mass is 9.86. The molecule has 1 unspecified atom stereocenters. The maximum absolute atomic E-state index is 10.4. The van der Waals surface area contributed by atoms with Crippen molar-refractivity contribution in [3.05, 3.63) is 83.3 Å². The Balaban J connectivity index is 0.000000165. The molecule has 1 N–H and O–H groups in total. The molecule has 1 heterocycles. The second-order valence-electron chi connectivity index (χ2n) is 7.03. The van der Waals surface area contributed by atoms with Crippen LogP contribution in [0.4, 0.5) is 0 Å². The van der Waals surface area contributed by atoms with Gasteiger partial charge in [0, 0.05) is 0 Å². The highest BCUT2D eigenvalue weighted by molar-refractivity contribution is 8.13. The Morgan fingerprint density at radius 1 is 0.857 bits per heavy atom. The molecule has 0 saturated heterocycles. The normalized spacial score (nSPS) is 18.5. The maximum Gasteiger partial charge on any atom is 0.281 e. The SMILES string of the molecule is O=S(=O)(O)C1C=CC=CS1.c1ccc2c(c1)ccc1c3c(ccc12)CCCC3. The van der Waals surface area contributed by atoms with Crippen LogP contribution < -0.4 is 0 Å². The van der Waals surface area contributed by atoms with E-state index in [1.165, 1.54) is 53.3 Å². The standard InChI is InChI=1S/C18H16.C5H6O3S2/c1-3-7-15-13(5-1)9-11-18-16-8-4-2-6-14(16)10-12-17(15)18;6-10(7,8)5-3-1-2-4-9-5/h1,3,5,7,9-12H,2,4,6,8H2;1-5H,(H,6,7,8). The van der Waals surface area contributed by atoms with Crippen LogP contribution in [0.1, 0.15) is 24.0 Å². The van der Waals surface area contributed by atoms with Crippen molar-refractivity contribution in [3.63, 3.8) is 0 Å². The zero-order valence-electron chi connectivity index (χ0n) is 15.4. The van der Waals surface area contributed by atoms with Gasteiger partial charge in [-0.05, 0) is 63.8 Å². The van der Waals surface area contributed by atoms with Crippen molar-refractivity contribution in [1.82, 2.24) is 0 Å². The van der Waals surface area contributed by atoms with Gasteiger partial charge in [0.15, 0.2) is 4.58 Å². The lowest BCUT2D eigenvalue weighted by Crippen LogP contribution is -2.13. The number of hydrogen-bond acceptors (Lipinski definition) is 3. The van der Waals surface area contributed by atoms with E-state index >= 15 is 0 Å². The quantitative estimate of drug-likeness (QED) is 0.401. The van der Waals surface area contributed by atoms with E-state index in [-0.39, 0.29) is 0 Å². The number of rotatable bonds is 1. The number of fused-ring (bicyclic) bond motifs is 5. The molecule has 3 aromatic carbocycles. The Bertz CT molecular complexity index is 1180. The molecule has 0 saturated carbocycles. The van der Waals surface area contributed by atoms with Gasteiger partial charge >= 0.3 is 0 Å². The van der Waals surface area contributed by atoms with E-state index in [1.807, 2.05) is 0 Å². The average Bonchev–Trinajstić information content (AvgIpc) is 2.74. The zero-order valence-corrected chi connectivity index (χ0v) is 17.0. The van der Waals surface area contributed by atoms with Gasteiger partial charge in [-0.1, -0.05) is 66.8 Å². The molecule has 1 aliphatic carbocycles. The molecule has 0 bridgehead atoms. The fourth-order valence-corrected chi connectivity index (χ4v) is 5.44. The van der Waals surface area contributed by atoms with Crippen LogP contribution in [0, 0.1) is 0 Å². The van der Waals surface area contributed by atoms with Crippen molar-refractivity contribution in [2.24, 2.45) is 0 Å². The van der Waals surface area contributed by atoms with Crippen molar-refractivity contribution in [2.45, 2.75) is 30.3 Å². The number of aryl methyl sites for hydroxylation is 2. The predicted octanol–water partition coefficient (Wildman–Crippen LogP) is 5.89. The van der Waals surface area contributed by atoms with Crippen LogP contribution in [0.25, 0.3) is 21.5 Å². The number of allylic oxidation sites excluding steroid dienone is 2. The molecule has 0 radical (unpaired) electrons. The highest BCUT2D eigenvalue weighted by Crippen LogP contribution is 2.33. The van der Waals surface area contributed by atoms with Gasteiger partial charge in [-0.25, -0.2) is 0 Å². The molecule has 28 heavy (non-hydrogen) atoms. The fraction of sp³-hybridized carbons (Fsp3) is 0.217. The summed E-state index contributed by atoms with van der Waals surface area (Å²) in [5.74, 6) is 0. The van der Waals surface area contributed by atoms with E-state index in [1.54, 1.807) is 28.7 Å². The molecule has 0 amide bonds. The lowest BCUT2D eigenvalue weighted by molar-refractivity contribution is 0.484. The van der Waals surface area contributed by atoms with E-state index < -0.39 is 14.7 Å². The molecule has 2 aliphatic rings. The van der Waals surface area contributed by atoms with Crippen molar-refractivity contribution in [1.29, 1.82) is 0 Å². The molecule has 0 spiro atoms. The lowest BCUT2D eigenvalue weighted by Gasteiger charge is -2.18. The van der Waals surface area contributed by atoms with Gasteiger partial charge in [-0.2, -0.15) is 8.42 Å². The first-order chi connectivity index (χ1) is 13.5. The summed E-state index contributed by atoms with van der Waals surface area (Å²) in [5, 5.41) is 7.27. The zero-order chi connectivity index (χ0) is 19.6. The molecule has 5 heteroatoms. The van der Waals surface area contributed by atoms with E-state index in [9.17, 15) is 8.42 Å². The molecule has 1 aliphatic heterocycles. The maximum atomic E-state index is 10.4. The van der Waals surface area contributed by atoms with E-state index in [0.29, 0.717) is 0 Å². The summed E-state index contributed by atoms with van der Waals surface area (Å²) in [4.78, 5) is 0. The molecule has 3 aromatic rings. The summed E-state index contributed by atoms with van der Waals surface area (Å²) in [6.07, 6.45) is 9.95. The second-order valence-corrected chi connectivity index (χ2v) is 9.91. The van der Waals surface area contributed by atoms with Crippen LogP contribution >= 0.6 is 11.8 Å². The van der Waals surface area contributed by atoms with Gasteiger partial charge in [0.25, 0.3) is 10.1 Å². The first-order valence-electron chi connectivity index (χ1n) is 9.41. The first-order valence-corrected chi connectivity index (χ1v) is 11.9. The Morgan fingerprint density at radius 2 is 1.64 bits per heavy atom. The van der Waals surface area contributed by atoms with Crippen LogP contribution in [-0.4, -0.2) is 17.6 Å². The Hall–Kier alpha value is -2.08. The van der Waals surface area contributed by atoms with Gasteiger partial charge in [-0.3, -0.25) is 4.55 Å². The third kappa shape index (κ3) is 4.02. The Labute approximate surface area is 169 Å². The van der Waals surface area contributed by atoms with Gasteiger partial charge in [0.2, 0.25) is 0 Å². The van der Waals surface area contributed by atoms with Gasteiger partial charge < -0.3 is 0 Å². The molecule has 144 valence electrons. The largest absolute Gasteiger partial charge is 0.284 e. The minimum atomic E-state index is -3.90. The summed E-state index contributed by atoms with van der Waals surface area (Å²) in [5.41, 5.74) is 3.17. The van der Waals surface area contributed by atoms with E-state index in [4.69, 9.17) is 4.55 Å². The summed E-state index contributed by atoms with van der Waals surface area (Å²) in [6.45, 7) is 0. The van der Waals surface area contributed by atoms with Crippen molar-refractivity contribution in [2.75, 3.05) is 0 Å². The van der Waals surface area contributed by atoms with Crippen LogP contribution in [0.2, 0.25) is 0 Å². The van der Waals surface area contributed by atoms with Crippen LogP contribution in [-0.2, 0) is 23.0 Å². The third-order valence-corrected chi connectivity index (χ3v) is 7.77. The molecule has 0 fully saturated rings. The van der Waals surface area contributed by atoms with Crippen molar-refractivity contribution < 1.29 is 13.0 Å². The topological polar surface area (TPSA) is 54.4 Å². The minimum absolute atomic E-state index is 0.822. The van der Waals surface area contributed by atoms with Crippen molar-refractivity contribution >= 4 is 43.4 Å². The summed E-state index contributed by atoms with van der Waals surface area (Å²) in [7, 11) is -3.90. The van der Waals surface area contributed by atoms with Crippen LogP contribution in [0.3, 0.4) is 0 Å². The minimum Gasteiger partial charge on any atom is -0.284 e. The van der Waals surface area contributed by atoms with Crippen LogP contribution in [0.5, 0.6) is 0 Å². The fourth-order valence-electron chi connectivity index (χ4n) is 3.88. The van der Waals surface area contributed by atoms with Crippen LogP contribution in [0.15, 0.2) is 72.2 Å². The molecule has 0 aromatic heterocycles. The molecule has 1 atom stereocenters. The highest BCUT2D eigenvalue weighted by atomic mass is 32.3. The second kappa shape index (κ2) is 8.11. The molecular formula is C23H22O3S2. The van der Waals surface area contributed by atoms with Gasteiger partial charge in [0.05, 0.1) is 0 Å². The molecule has 5 rings (SSSR count). The summed E-state index contributed by atoms with van der Waals surface area (Å²) in [6, 6.07) is 18.0. The average molecular weight is 411 g/mol. The smallest absolute Gasteiger partial charge is 0.281 e. The van der Waals surface area contributed by atoms with Crippen molar-refractivity contribution in [3.8, 4) is 0 Å². The summed E-state index contributed by atoms with van der Waals surface area (Å²) >= 11 is 1.06. The predicted molar refractivity (Wildman–Crippen MR) is 119 cm³/mol. The number of hydrogen-bond donors (Lipinski definition) is 1. The third-order valence-electron chi connectivity index (χ3n) is 5.22. The number of thioether (sulfide) groups is 1.